The monoisotopic (exact) mass is 328 g/mol. The van der Waals surface area contributed by atoms with Crippen molar-refractivity contribution in [1.82, 2.24) is 9.78 Å². The average molecular weight is 329 g/mol. The number of aryl methyl sites for hydroxylation is 1. The van der Waals surface area contributed by atoms with Crippen molar-refractivity contribution >= 4 is 33.5 Å². The highest BCUT2D eigenvalue weighted by molar-refractivity contribution is 9.10. The summed E-state index contributed by atoms with van der Waals surface area (Å²) in [6, 6.07) is 3.22. The van der Waals surface area contributed by atoms with Gasteiger partial charge in [-0.15, -0.1) is 0 Å². The standard InChI is InChI=1S/C11H10BrFN4S/c1-17-5-6(4-16-17)18-8-3-2-7(11(14)15)9(12)10(8)13/h2-5H,1H3,(H3,14,15). The summed E-state index contributed by atoms with van der Waals surface area (Å²) in [7, 11) is 1.80. The lowest BCUT2D eigenvalue weighted by Crippen LogP contribution is -2.12. The molecule has 0 spiro atoms. The Bertz CT molecular complexity index is 611. The number of nitrogens with two attached hydrogens (primary N) is 1. The van der Waals surface area contributed by atoms with Gasteiger partial charge in [0.1, 0.15) is 5.84 Å². The minimum atomic E-state index is -0.420. The van der Waals surface area contributed by atoms with Gasteiger partial charge in [-0.3, -0.25) is 10.1 Å². The maximum absolute atomic E-state index is 14.1. The van der Waals surface area contributed by atoms with E-state index in [-0.39, 0.29) is 10.3 Å². The Morgan fingerprint density at radius 3 is 2.83 bits per heavy atom. The summed E-state index contributed by atoms with van der Waals surface area (Å²) >= 11 is 4.39. The molecule has 0 unspecified atom stereocenters. The van der Waals surface area contributed by atoms with Crippen LogP contribution in [-0.4, -0.2) is 15.6 Å². The molecule has 0 amide bonds. The van der Waals surface area contributed by atoms with Gasteiger partial charge >= 0.3 is 0 Å². The van der Waals surface area contributed by atoms with Crippen molar-refractivity contribution < 1.29 is 4.39 Å². The van der Waals surface area contributed by atoms with Crippen LogP contribution in [0.25, 0.3) is 0 Å². The Kier molecular flexibility index (Phi) is 3.72. The van der Waals surface area contributed by atoms with Crippen LogP contribution in [0.2, 0.25) is 0 Å². The fraction of sp³-hybridized carbons (Fsp3) is 0.0909. The molecule has 0 aliphatic rings. The first kappa shape index (κ1) is 13.1. The second-order valence-electron chi connectivity index (χ2n) is 3.60. The van der Waals surface area contributed by atoms with E-state index in [9.17, 15) is 4.39 Å². The molecular weight excluding hydrogens is 319 g/mol. The van der Waals surface area contributed by atoms with Crippen LogP contribution in [-0.2, 0) is 7.05 Å². The van der Waals surface area contributed by atoms with E-state index in [2.05, 4.69) is 21.0 Å². The normalized spacial score (nSPS) is 10.6. The van der Waals surface area contributed by atoms with Gasteiger partial charge in [0.25, 0.3) is 0 Å². The number of aromatic nitrogens is 2. The molecule has 0 fully saturated rings. The van der Waals surface area contributed by atoms with Crippen LogP contribution >= 0.6 is 27.7 Å². The number of nitrogens with one attached hydrogen (secondary N) is 1. The van der Waals surface area contributed by atoms with Crippen molar-refractivity contribution in [1.29, 1.82) is 5.41 Å². The van der Waals surface area contributed by atoms with Crippen LogP contribution in [0.4, 0.5) is 4.39 Å². The van der Waals surface area contributed by atoms with E-state index >= 15 is 0 Å². The second kappa shape index (κ2) is 5.11. The van der Waals surface area contributed by atoms with Gasteiger partial charge in [-0.2, -0.15) is 5.10 Å². The maximum Gasteiger partial charge on any atom is 0.152 e. The van der Waals surface area contributed by atoms with E-state index in [1.54, 1.807) is 36.3 Å². The van der Waals surface area contributed by atoms with E-state index in [0.29, 0.717) is 10.5 Å². The lowest BCUT2D eigenvalue weighted by molar-refractivity contribution is 0.594. The number of benzene rings is 1. The molecule has 0 aliphatic carbocycles. The Hall–Kier alpha value is -1.34. The molecule has 1 aromatic carbocycles. The van der Waals surface area contributed by atoms with Crippen LogP contribution in [0.5, 0.6) is 0 Å². The molecule has 0 saturated heterocycles. The Labute approximate surface area is 116 Å². The first-order valence-corrected chi connectivity index (χ1v) is 6.59. The number of amidine groups is 1. The Morgan fingerprint density at radius 2 is 2.28 bits per heavy atom. The van der Waals surface area contributed by atoms with Gasteiger partial charge in [0.15, 0.2) is 5.82 Å². The highest BCUT2D eigenvalue weighted by atomic mass is 79.9. The third kappa shape index (κ3) is 2.56. The zero-order valence-corrected chi connectivity index (χ0v) is 11.8. The van der Waals surface area contributed by atoms with Crippen molar-refractivity contribution in [3.05, 3.63) is 40.4 Å². The number of rotatable bonds is 3. The summed E-state index contributed by atoms with van der Waals surface area (Å²) in [5, 5.41) is 11.3. The molecule has 3 N–H and O–H groups in total. The van der Waals surface area contributed by atoms with Crippen molar-refractivity contribution in [2.24, 2.45) is 12.8 Å². The van der Waals surface area contributed by atoms with Crippen LogP contribution in [0.15, 0.2) is 38.8 Å². The number of nitrogens with zero attached hydrogens (tertiary/aromatic N) is 2. The van der Waals surface area contributed by atoms with Crippen LogP contribution in [0.1, 0.15) is 5.56 Å². The van der Waals surface area contributed by atoms with Gasteiger partial charge < -0.3 is 5.73 Å². The maximum atomic E-state index is 14.1. The minimum absolute atomic E-state index is 0.168. The van der Waals surface area contributed by atoms with Gasteiger partial charge in [0.2, 0.25) is 0 Å². The van der Waals surface area contributed by atoms with Gasteiger partial charge in [-0.05, 0) is 28.1 Å². The summed E-state index contributed by atoms with van der Waals surface area (Å²) < 4.78 is 15.9. The third-order valence-corrected chi connectivity index (χ3v) is 4.00. The molecule has 2 rings (SSSR count). The van der Waals surface area contributed by atoms with Gasteiger partial charge in [-0.1, -0.05) is 11.8 Å². The largest absolute Gasteiger partial charge is 0.384 e. The van der Waals surface area contributed by atoms with E-state index in [1.807, 2.05) is 0 Å². The molecule has 0 aliphatic heterocycles. The Morgan fingerprint density at radius 1 is 1.56 bits per heavy atom. The quantitative estimate of drug-likeness (QED) is 0.672. The molecule has 1 aromatic heterocycles. The second-order valence-corrected chi connectivity index (χ2v) is 5.51. The molecule has 18 heavy (non-hydrogen) atoms. The molecule has 0 bridgehead atoms. The van der Waals surface area contributed by atoms with Crippen molar-refractivity contribution in [3.63, 3.8) is 0 Å². The fourth-order valence-electron chi connectivity index (χ4n) is 1.40. The predicted octanol–water partition coefficient (Wildman–Crippen LogP) is 2.76. The zero-order valence-electron chi connectivity index (χ0n) is 9.45. The lowest BCUT2D eigenvalue weighted by Gasteiger charge is -2.07. The number of hydrogen-bond acceptors (Lipinski definition) is 3. The zero-order chi connectivity index (χ0) is 13.3. The third-order valence-electron chi connectivity index (χ3n) is 2.25. The molecule has 4 nitrogen and oxygen atoms in total. The lowest BCUT2D eigenvalue weighted by atomic mass is 10.2. The van der Waals surface area contributed by atoms with E-state index in [4.69, 9.17) is 11.1 Å². The highest BCUT2D eigenvalue weighted by Gasteiger charge is 2.14. The van der Waals surface area contributed by atoms with E-state index in [1.165, 1.54) is 11.8 Å². The molecule has 0 saturated carbocycles. The molecule has 7 heteroatoms. The van der Waals surface area contributed by atoms with Gasteiger partial charge in [0, 0.05) is 23.7 Å². The average Bonchev–Trinajstić information content (AvgIpc) is 2.70. The van der Waals surface area contributed by atoms with Crippen molar-refractivity contribution in [2.45, 2.75) is 9.79 Å². The van der Waals surface area contributed by atoms with Crippen LogP contribution in [0, 0.1) is 11.2 Å². The Balaban J connectivity index is 2.35. The molecule has 0 atom stereocenters. The molecule has 0 radical (unpaired) electrons. The molecule has 2 aromatic rings. The molecule has 94 valence electrons. The predicted molar refractivity (Wildman–Crippen MR) is 72.4 cm³/mol. The number of nitrogen functional groups attached to an aromatic ring is 1. The topological polar surface area (TPSA) is 67.7 Å². The highest BCUT2D eigenvalue weighted by Crippen LogP contribution is 2.34. The number of halogens is 2. The first-order valence-electron chi connectivity index (χ1n) is 4.98. The first-order chi connectivity index (χ1) is 8.49. The summed E-state index contributed by atoms with van der Waals surface area (Å²) in [4.78, 5) is 1.30. The van der Waals surface area contributed by atoms with Crippen LogP contribution in [0.3, 0.4) is 0 Å². The van der Waals surface area contributed by atoms with Crippen molar-refractivity contribution in [2.75, 3.05) is 0 Å². The summed E-state index contributed by atoms with van der Waals surface area (Å²) in [5.41, 5.74) is 5.71. The molecule has 1 heterocycles. The van der Waals surface area contributed by atoms with E-state index < -0.39 is 5.82 Å². The minimum Gasteiger partial charge on any atom is -0.384 e. The SMILES string of the molecule is Cn1cc(Sc2ccc(C(=N)N)c(Br)c2F)cn1. The van der Waals surface area contributed by atoms with E-state index in [0.717, 1.165) is 4.90 Å². The summed E-state index contributed by atoms with van der Waals surface area (Å²) in [5.74, 6) is -0.588. The van der Waals surface area contributed by atoms with Gasteiger partial charge in [0.05, 0.1) is 15.6 Å². The summed E-state index contributed by atoms with van der Waals surface area (Å²) in [6.45, 7) is 0. The number of hydrogen-bond donors (Lipinski definition) is 2. The van der Waals surface area contributed by atoms with Crippen LogP contribution < -0.4 is 5.73 Å². The smallest absolute Gasteiger partial charge is 0.152 e. The summed E-state index contributed by atoms with van der Waals surface area (Å²) in [6.07, 6.45) is 3.47. The van der Waals surface area contributed by atoms with Gasteiger partial charge in [-0.25, -0.2) is 4.39 Å². The fourth-order valence-corrected chi connectivity index (χ4v) is 2.97. The van der Waals surface area contributed by atoms with Crippen molar-refractivity contribution in [3.8, 4) is 0 Å². The molecular formula is C11H10BrFN4S.